The number of hydrogen-bond donors (Lipinski definition) is 3. The first-order chi connectivity index (χ1) is 15.5. The summed E-state index contributed by atoms with van der Waals surface area (Å²) in [5, 5.41) is 20.1. The zero-order valence-corrected chi connectivity index (χ0v) is 18.4. The normalized spacial score (nSPS) is 24.6. The van der Waals surface area contributed by atoms with Crippen LogP contribution in [0.4, 0.5) is 22.4 Å². The maximum atomic E-state index is 11.8. The molecule has 5 rings (SSSR count). The van der Waals surface area contributed by atoms with Crippen LogP contribution in [0.25, 0.3) is 5.76 Å². The van der Waals surface area contributed by atoms with Crippen LogP contribution in [0.5, 0.6) is 0 Å². The van der Waals surface area contributed by atoms with Gasteiger partial charge in [0.1, 0.15) is 17.3 Å². The lowest BCUT2D eigenvalue weighted by Crippen LogP contribution is -2.58. The fourth-order valence-electron chi connectivity index (χ4n) is 5.14. The minimum Gasteiger partial charge on any atom is -0.491 e. The molecule has 3 aliphatic heterocycles. The smallest absolute Gasteiger partial charge is 0.407 e. The number of amides is 1. The number of aryl methyl sites for hydroxylation is 1. The quantitative estimate of drug-likeness (QED) is 0.647. The van der Waals surface area contributed by atoms with Crippen molar-refractivity contribution in [3.63, 3.8) is 0 Å². The van der Waals surface area contributed by atoms with Crippen LogP contribution in [-0.4, -0.2) is 68.0 Å². The number of hydrogen-bond acceptors (Lipinski definition) is 7. The van der Waals surface area contributed by atoms with E-state index in [2.05, 4.69) is 20.4 Å². The number of aromatic nitrogens is 4. The van der Waals surface area contributed by atoms with Crippen molar-refractivity contribution in [3.05, 3.63) is 29.6 Å². The molecule has 5 heterocycles. The van der Waals surface area contributed by atoms with E-state index >= 15 is 0 Å². The maximum absolute atomic E-state index is 11.8. The molecule has 0 spiro atoms. The Kier molecular flexibility index (Phi) is 5.36. The topological polar surface area (TPSA) is 120 Å². The molecular formula is C22H29N7O3. The summed E-state index contributed by atoms with van der Waals surface area (Å²) in [6, 6.07) is 4.08. The van der Waals surface area contributed by atoms with E-state index in [1.54, 1.807) is 4.90 Å². The average molecular weight is 440 g/mol. The van der Waals surface area contributed by atoms with Crippen LogP contribution in [0.15, 0.2) is 18.2 Å². The Balaban J connectivity index is 1.43. The lowest BCUT2D eigenvalue weighted by atomic mass is 9.81. The van der Waals surface area contributed by atoms with Crippen LogP contribution in [0, 0.1) is 6.92 Å². The maximum Gasteiger partial charge on any atom is 0.407 e. The zero-order chi connectivity index (χ0) is 22.2. The molecule has 10 heteroatoms. The number of nitrogens with zero attached hydrogens (tertiary/aromatic N) is 5. The highest BCUT2D eigenvalue weighted by Crippen LogP contribution is 2.37. The molecule has 1 amide bonds. The number of ether oxygens (including phenoxy) is 1. The summed E-state index contributed by atoms with van der Waals surface area (Å²) in [5.74, 6) is 2.69. The van der Waals surface area contributed by atoms with Crippen LogP contribution in [0.3, 0.4) is 0 Å². The fraction of sp³-hybridized carbons (Fsp3) is 0.545. The summed E-state index contributed by atoms with van der Waals surface area (Å²) in [4.78, 5) is 25.1. The molecular weight excluding hydrogens is 410 g/mol. The summed E-state index contributed by atoms with van der Waals surface area (Å²) >= 11 is 0. The summed E-state index contributed by atoms with van der Waals surface area (Å²) in [5.41, 5.74) is 1.69. The number of aromatic amines is 1. The van der Waals surface area contributed by atoms with E-state index in [0.717, 1.165) is 55.7 Å². The first-order valence-corrected chi connectivity index (χ1v) is 11.2. The Morgan fingerprint density at radius 1 is 1.25 bits per heavy atom. The number of carbonyl (C=O) groups is 1. The van der Waals surface area contributed by atoms with Gasteiger partial charge in [-0.2, -0.15) is 10.1 Å². The molecule has 2 bridgehead atoms. The minimum absolute atomic E-state index is 0.0566. The average Bonchev–Trinajstić information content (AvgIpc) is 3.44. The molecule has 0 unspecified atom stereocenters. The van der Waals surface area contributed by atoms with Crippen molar-refractivity contribution in [1.82, 2.24) is 25.1 Å². The summed E-state index contributed by atoms with van der Waals surface area (Å²) in [7, 11) is 2.00. The van der Waals surface area contributed by atoms with E-state index in [-0.39, 0.29) is 18.1 Å². The molecule has 0 saturated carbocycles. The molecule has 2 aromatic rings. The van der Waals surface area contributed by atoms with Gasteiger partial charge in [0.2, 0.25) is 5.95 Å². The van der Waals surface area contributed by atoms with E-state index in [1.165, 1.54) is 0 Å². The number of piperidine rings is 2. The van der Waals surface area contributed by atoms with Gasteiger partial charge in [0, 0.05) is 49.4 Å². The molecule has 3 N–H and O–H groups in total. The Labute approximate surface area is 186 Å². The third-order valence-electron chi connectivity index (χ3n) is 6.67. The van der Waals surface area contributed by atoms with Crippen molar-refractivity contribution in [2.45, 2.75) is 63.6 Å². The molecule has 170 valence electrons. The Morgan fingerprint density at radius 3 is 2.66 bits per heavy atom. The van der Waals surface area contributed by atoms with Gasteiger partial charge >= 0.3 is 6.09 Å². The van der Waals surface area contributed by atoms with Gasteiger partial charge in [0.25, 0.3) is 0 Å². The standard InChI is InChI=1S/C22H29N7O3/c1-13-9-20(27-26-13)24-19-12-17(18-7-4-8-32-18)23-21(25-19)28(2)16-10-14-5-3-6-15(11-16)29(14)22(30)31/h7,9,12,14-16H,3-6,8,10-11H2,1-2H3,(H,30,31)(H2,23,24,25,26,27)/t14-,15+,16-. The largest absolute Gasteiger partial charge is 0.491 e. The van der Waals surface area contributed by atoms with Gasteiger partial charge in [-0.15, -0.1) is 0 Å². The second-order valence-electron chi connectivity index (χ2n) is 8.87. The van der Waals surface area contributed by atoms with E-state index in [0.29, 0.717) is 24.2 Å². The molecule has 32 heavy (non-hydrogen) atoms. The van der Waals surface area contributed by atoms with Crippen molar-refractivity contribution in [3.8, 4) is 0 Å². The van der Waals surface area contributed by atoms with Crippen molar-refractivity contribution in [1.29, 1.82) is 0 Å². The molecule has 0 aliphatic carbocycles. The fourth-order valence-corrected chi connectivity index (χ4v) is 5.14. The summed E-state index contributed by atoms with van der Waals surface area (Å²) in [6.45, 7) is 2.60. The van der Waals surface area contributed by atoms with Crippen LogP contribution in [0.2, 0.25) is 0 Å². The number of rotatable bonds is 5. The number of H-pyrrole nitrogens is 1. The van der Waals surface area contributed by atoms with Gasteiger partial charge in [-0.3, -0.25) is 5.10 Å². The van der Waals surface area contributed by atoms with Gasteiger partial charge in [-0.1, -0.05) is 0 Å². The Bertz CT molecular complexity index is 1020. The highest BCUT2D eigenvalue weighted by Gasteiger charge is 2.42. The lowest BCUT2D eigenvalue weighted by Gasteiger charge is -2.49. The lowest BCUT2D eigenvalue weighted by molar-refractivity contribution is 0.0351. The molecule has 3 atom stereocenters. The number of fused-ring (bicyclic) bond motifs is 2. The van der Waals surface area contributed by atoms with E-state index in [9.17, 15) is 9.90 Å². The van der Waals surface area contributed by atoms with E-state index in [1.807, 2.05) is 32.2 Å². The van der Waals surface area contributed by atoms with E-state index in [4.69, 9.17) is 14.7 Å². The van der Waals surface area contributed by atoms with Gasteiger partial charge in [0.15, 0.2) is 5.82 Å². The first kappa shape index (κ1) is 20.6. The third kappa shape index (κ3) is 3.96. The van der Waals surface area contributed by atoms with Crippen LogP contribution >= 0.6 is 0 Å². The molecule has 0 radical (unpaired) electrons. The minimum atomic E-state index is -0.801. The van der Waals surface area contributed by atoms with Crippen molar-refractivity contribution < 1.29 is 14.6 Å². The summed E-state index contributed by atoms with van der Waals surface area (Å²) in [6.07, 6.45) is 6.60. The van der Waals surface area contributed by atoms with Gasteiger partial charge in [0.05, 0.1) is 6.61 Å². The molecule has 2 saturated heterocycles. The van der Waals surface area contributed by atoms with Crippen LogP contribution in [0.1, 0.15) is 49.9 Å². The predicted octanol–water partition coefficient (Wildman–Crippen LogP) is 3.51. The molecule has 3 aliphatic rings. The highest BCUT2D eigenvalue weighted by molar-refractivity contribution is 5.67. The van der Waals surface area contributed by atoms with Gasteiger partial charge in [-0.25, -0.2) is 9.78 Å². The van der Waals surface area contributed by atoms with Crippen molar-refractivity contribution >= 4 is 29.4 Å². The summed E-state index contributed by atoms with van der Waals surface area (Å²) < 4.78 is 5.76. The Hall–Kier alpha value is -3.30. The predicted molar refractivity (Wildman–Crippen MR) is 120 cm³/mol. The first-order valence-electron chi connectivity index (χ1n) is 11.2. The number of nitrogens with one attached hydrogen (secondary N) is 2. The zero-order valence-electron chi connectivity index (χ0n) is 18.4. The Morgan fingerprint density at radius 2 is 2.03 bits per heavy atom. The highest BCUT2D eigenvalue weighted by atomic mass is 16.5. The molecule has 2 fully saturated rings. The third-order valence-corrected chi connectivity index (χ3v) is 6.67. The monoisotopic (exact) mass is 439 g/mol. The van der Waals surface area contributed by atoms with Crippen LogP contribution < -0.4 is 10.2 Å². The van der Waals surface area contributed by atoms with Crippen molar-refractivity contribution in [2.75, 3.05) is 23.9 Å². The van der Waals surface area contributed by atoms with Gasteiger partial charge < -0.3 is 25.0 Å². The van der Waals surface area contributed by atoms with E-state index < -0.39 is 6.09 Å². The number of anilines is 3. The molecule has 0 aromatic carbocycles. The molecule has 2 aromatic heterocycles. The van der Waals surface area contributed by atoms with Gasteiger partial charge in [-0.05, 0) is 45.1 Å². The SMILES string of the molecule is Cc1cc(Nc2cc(C3=CCCO3)nc(N(C)[C@@H]3C[C@H]4CCC[C@@H](C3)N4C(=O)O)n2)n[nH]1. The molecule has 10 nitrogen and oxygen atoms in total. The van der Waals surface area contributed by atoms with Crippen LogP contribution in [-0.2, 0) is 4.74 Å². The second kappa shape index (κ2) is 8.33. The van der Waals surface area contributed by atoms with Crippen molar-refractivity contribution in [2.24, 2.45) is 0 Å². The number of carboxylic acid groups (broad SMARTS) is 1. The second-order valence-corrected chi connectivity index (χ2v) is 8.87.